The number of fused-ring (bicyclic) bond motifs is 1. The Morgan fingerprint density at radius 1 is 1.22 bits per heavy atom. The van der Waals surface area contributed by atoms with Crippen molar-refractivity contribution in [2.45, 2.75) is 25.0 Å². The van der Waals surface area contributed by atoms with Gasteiger partial charge in [-0.1, -0.05) is 18.2 Å². The lowest BCUT2D eigenvalue weighted by atomic mass is 10.1. The van der Waals surface area contributed by atoms with E-state index in [1.54, 1.807) is 7.05 Å². The lowest BCUT2D eigenvalue weighted by Crippen LogP contribution is -2.64. The predicted octanol–water partition coefficient (Wildman–Crippen LogP) is -0.0246. The van der Waals surface area contributed by atoms with Gasteiger partial charge in [0.2, 0.25) is 0 Å². The lowest BCUT2D eigenvalue weighted by molar-refractivity contribution is -0.127. The molecule has 0 radical (unpaired) electrons. The molecule has 2 unspecified atom stereocenters. The Labute approximate surface area is 158 Å². The van der Waals surface area contributed by atoms with Crippen LogP contribution in [0.15, 0.2) is 35.3 Å². The number of carbonyl (C=O) groups excluding carboxylic acids is 2. The van der Waals surface area contributed by atoms with Crippen molar-refractivity contribution in [1.29, 1.82) is 0 Å². The molecule has 2 heterocycles. The Morgan fingerprint density at radius 3 is 2.74 bits per heavy atom. The number of aliphatic hydroxyl groups excluding tert-OH is 1. The number of aliphatic hydroxyl groups is 1. The molecule has 0 saturated carbocycles. The Balaban J connectivity index is 1.65. The number of imide groups is 1. The van der Waals surface area contributed by atoms with Crippen molar-refractivity contribution in [2.24, 2.45) is 4.99 Å². The first kappa shape index (κ1) is 19.0. The molecule has 0 aliphatic carbocycles. The van der Waals surface area contributed by atoms with Crippen LogP contribution in [-0.4, -0.2) is 78.4 Å². The largest absolute Gasteiger partial charge is 0.494 e. The summed E-state index contributed by atoms with van der Waals surface area (Å²) in [5, 5.41) is 14.5. The monoisotopic (exact) mass is 375 g/mol. The summed E-state index contributed by atoms with van der Waals surface area (Å²) in [7, 11) is 1.64. The maximum Gasteiger partial charge on any atom is 0.325 e. The van der Waals surface area contributed by atoms with E-state index in [-0.39, 0.29) is 12.5 Å². The highest BCUT2D eigenvalue weighted by Crippen LogP contribution is 2.21. The third kappa shape index (κ3) is 4.30. The van der Waals surface area contributed by atoms with E-state index >= 15 is 0 Å². The Morgan fingerprint density at radius 2 is 2.00 bits per heavy atom. The van der Waals surface area contributed by atoms with Crippen LogP contribution in [0.4, 0.5) is 4.79 Å². The van der Waals surface area contributed by atoms with E-state index in [0.717, 1.165) is 5.75 Å². The van der Waals surface area contributed by atoms with Crippen molar-refractivity contribution in [1.82, 2.24) is 20.4 Å². The van der Waals surface area contributed by atoms with Gasteiger partial charge in [0.25, 0.3) is 5.91 Å². The number of likely N-dealkylation sites (N-methyl/N-ethyl adjacent to an activating group) is 1. The highest BCUT2D eigenvalue weighted by atomic mass is 16.5. The van der Waals surface area contributed by atoms with E-state index in [9.17, 15) is 9.59 Å². The van der Waals surface area contributed by atoms with Gasteiger partial charge in [0.1, 0.15) is 11.9 Å². The lowest BCUT2D eigenvalue weighted by Gasteiger charge is -2.35. The molecule has 2 atom stereocenters. The van der Waals surface area contributed by atoms with Gasteiger partial charge < -0.3 is 25.0 Å². The smallest absolute Gasteiger partial charge is 0.325 e. The summed E-state index contributed by atoms with van der Waals surface area (Å²) in [6.45, 7) is 1.54. The minimum absolute atomic E-state index is 0.0490. The SMILES string of the molecule is CN1C(=O)NC(=O)C2C1NC(=NCCCO)N2CCCOc1ccccc1. The van der Waals surface area contributed by atoms with Crippen LogP contribution in [0.3, 0.4) is 0 Å². The number of urea groups is 1. The van der Waals surface area contributed by atoms with Crippen molar-refractivity contribution in [3.63, 3.8) is 0 Å². The third-order valence-electron chi connectivity index (χ3n) is 4.55. The summed E-state index contributed by atoms with van der Waals surface area (Å²) < 4.78 is 5.72. The second-order valence-electron chi connectivity index (χ2n) is 6.43. The fraction of sp³-hybridized carbons (Fsp3) is 0.500. The molecular formula is C18H25N5O4. The molecule has 146 valence electrons. The zero-order valence-electron chi connectivity index (χ0n) is 15.3. The van der Waals surface area contributed by atoms with Gasteiger partial charge in [-0.05, 0) is 25.0 Å². The van der Waals surface area contributed by atoms with Gasteiger partial charge in [-0.2, -0.15) is 0 Å². The summed E-state index contributed by atoms with van der Waals surface area (Å²) in [5.41, 5.74) is 0. The van der Waals surface area contributed by atoms with E-state index in [4.69, 9.17) is 9.84 Å². The molecule has 0 bridgehead atoms. The number of benzene rings is 1. The van der Waals surface area contributed by atoms with Crippen LogP contribution >= 0.6 is 0 Å². The number of carbonyl (C=O) groups is 2. The number of rotatable bonds is 8. The summed E-state index contributed by atoms with van der Waals surface area (Å²) in [4.78, 5) is 32.1. The number of nitrogens with zero attached hydrogens (tertiary/aromatic N) is 3. The second-order valence-corrected chi connectivity index (χ2v) is 6.43. The first-order valence-electron chi connectivity index (χ1n) is 9.06. The van der Waals surface area contributed by atoms with Gasteiger partial charge in [0, 0.05) is 26.7 Å². The maximum atomic E-state index is 12.4. The molecule has 3 amide bonds. The average molecular weight is 375 g/mol. The second kappa shape index (κ2) is 8.72. The standard InChI is InChI=1S/C18H25N5O4/c1-22-15-14(16(25)21-18(22)26)23(17(20-15)19-9-5-11-24)10-6-12-27-13-7-3-2-4-8-13/h2-4,7-8,14-15,24H,5-6,9-12H2,1H3,(H,19,20)(H,21,25,26). The minimum atomic E-state index is -0.544. The maximum absolute atomic E-state index is 12.4. The number of para-hydroxylation sites is 1. The molecule has 0 spiro atoms. The van der Waals surface area contributed by atoms with E-state index in [1.807, 2.05) is 35.2 Å². The van der Waals surface area contributed by atoms with Crippen LogP contribution in [0, 0.1) is 0 Å². The molecule has 3 rings (SSSR count). The van der Waals surface area contributed by atoms with E-state index in [2.05, 4.69) is 15.6 Å². The van der Waals surface area contributed by atoms with Crippen molar-refractivity contribution in [3.05, 3.63) is 30.3 Å². The quantitative estimate of drug-likeness (QED) is 0.551. The number of nitrogens with one attached hydrogen (secondary N) is 2. The molecular weight excluding hydrogens is 350 g/mol. The zero-order chi connectivity index (χ0) is 19.2. The van der Waals surface area contributed by atoms with Crippen LogP contribution in [0.25, 0.3) is 0 Å². The van der Waals surface area contributed by atoms with E-state index in [0.29, 0.717) is 38.5 Å². The summed E-state index contributed by atoms with van der Waals surface area (Å²) in [6, 6.07) is 8.56. The number of hydrogen-bond donors (Lipinski definition) is 3. The van der Waals surface area contributed by atoms with Crippen molar-refractivity contribution in [2.75, 3.05) is 33.4 Å². The van der Waals surface area contributed by atoms with Crippen LogP contribution in [-0.2, 0) is 4.79 Å². The Bertz CT molecular complexity index is 696. The van der Waals surface area contributed by atoms with Crippen LogP contribution in [0.2, 0.25) is 0 Å². The van der Waals surface area contributed by atoms with Crippen molar-refractivity contribution in [3.8, 4) is 5.75 Å². The van der Waals surface area contributed by atoms with Crippen molar-refractivity contribution >= 4 is 17.9 Å². The van der Waals surface area contributed by atoms with Gasteiger partial charge in [0.15, 0.2) is 12.0 Å². The van der Waals surface area contributed by atoms with Crippen LogP contribution in [0.1, 0.15) is 12.8 Å². The number of aliphatic imine (C=N–C) groups is 1. The molecule has 3 N–H and O–H groups in total. The highest BCUT2D eigenvalue weighted by molar-refractivity contribution is 6.04. The summed E-state index contributed by atoms with van der Waals surface area (Å²) >= 11 is 0. The number of amides is 3. The fourth-order valence-corrected chi connectivity index (χ4v) is 3.16. The molecule has 9 nitrogen and oxygen atoms in total. The Hall–Kier alpha value is -2.81. The predicted molar refractivity (Wildman–Crippen MR) is 99.3 cm³/mol. The molecule has 9 heteroatoms. The number of hydrogen-bond acceptors (Lipinski definition) is 5. The topological polar surface area (TPSA) is 107 Å². The van der Waals surface area contributed by atoms with E-state index < -0.39 is 18.2 Å². The number of ether oxygens (including phenoxy) is 1. The molecule has 1 aromatic carbocycles. The zero-order valence-corrected chi connectivity index (χ0v) is 15.3. The normalized spacial score (nSPS) is 23.3. The van der Waals surface area contributed by atoms with Gasteiger partial charge in [-0.25, -0.2) is 4.79 Å². The van der Waals surface area contributed by atoms with Gasteiger partial charge in [0.05, 0.1) is 6.61 Å². The first-order chi connectivity index (χ1) is 13.1. The molecule has 2 aliphatic heterocycles. The van der Waals surface area contributed by atoms with Gasteiger partial charge in [-0.15, -0.1) is 0 Å². The number of guanidine groups is 1. The molecule has 2 aliphatic rings. The third-order valence-corrected chi connectivity index (χ3v) is 4.55. The van der Waals surface area contributed by atoms with Crippen LogP contribution in [0.5, 0.6) is 5.75 Å². The highest BCUT2D eigenvalue weighted by Gasteiger charge is 2.49. The first-order valence-corrected chi connectivity index (χ1v) is 9.06. The van der Waals surface area contributed by atoms with Gasteiger partial charge in [-0.3, -0.25) is 15.1 Å². The minimum Gasteiger partial charge on any atom is -0.494 e. The summed E-state index contributed by atoms with van der Waals surface area (Å²) in [6.07, 6.45) is 0.755. The molecule has 0 aromatic heterocycles. The average Bonchev–Trinajstić information content (AvgIpc) is 3.04. The Kier molecular flexibility index (Phi) is 6.12. The van der Waals surface area contributed by atoms with E-state index in [1.165, 1.54) is 4.90 Å². The van der Waals surface area contributed by atoms with Gasteiger partial charge >= 0.3 is 6.03 Å². The molecule has 1 aromatic rings. The summed E-state index contributed by atoms with van der Waals surface area (Å²) in [5.74, 6) is 1.02. The molecule has 2 saturated heterocycles. The molecule has 27 heavy (non-hydrogen) atoms. The molecule has 2 fully saturated rings. The van der Waals surface area contributed by atoms with Crippen molar-refractivity contribution < 1.29 is 19.4 Å². The fourth-order valence-electron chi connectivity index (χ4n) is 3.16. The van der Waals surface area contributed by atoms with Crippen LogP contribution < -0.4 is 15.4 Å².